The predicted octanol–water partition coefficient (Wildman–Crippen LogP) is 4.61. The lowest BCUT2D eigenvalue weighted by molar-refractivity contribution is 0.107. The molecule has 2 aliphatic rings. The number of likely N-dealkylation sites (tertiary alicyclic amines) is 1. The van der Waals surface area contributed by atoms with Gasteiger partial charge in [0.25, 0.3) is 5.56 Å². The van der Waals surface area contributed by atoms with Gasteiger partial charge in [0.15, 0.2) is 0 Å². The number of thiazole rings is 1. The minimum Gasteiger partial charge on any atom is -0.486 e. The molecular formula is C27H31N3O3S. The highest BCUT2D eigenvalue weighted by Gasteiger charge is 2.22. The monoisotopic (exact) mass is 477 g/mol. The molecule has 0 saturated carbocycles. The fourth-order valence-corrected chi connectivity index (χ4v) is 5.51. The Balaban J connectivity index is 1.25. The van der Waals surface area contributed by atoms with Gasteiger partial charge in [-0.1, -0.05) is 25.1 Å². The maximum Gasteiger partial charge on any atom is 0.258 e. The lowest BCUT2D eigenvalue weighted by atomic mass is 9.93. The standard InChI is InChI=1S/C27H31N3O3S/c1-3-22-18-34-26(28-22)17-33-24-9-11-30(27(31)14-24)23-7-6-20-12-19(4-5-21(20)13-23)15-29-10-8-25(16-29)32-2/h4-5,9,11-14,18,25H,3,6-8,10,15-17H2,1-2H3/t25-/m0/s1. The summed E-state index contributed by atoms with van der Waals surface area (Å²) in [6.45, 7) is 5.53. The van der Waals surface area contributed by atoms with Crippen molar-refractivity contribution in [3.63, 3.8) is 0 Å². The Kier molecular flexibility index (Phi) is 6.94. The van der Waals surface area contributed by atoms with E-state index in [0.29, 0.717) is 18.5 Å². The van der Waals surface area contributed by atoms with Crippen molar-refractivity contribution in [2.75, 3.05) is 20.2 Å². The van der Waals surface area contributed by atoms with E-state index in [9.17, 15) is 4.79 Å². The van der Waals surface area contributed by atoms with Crippen LogP contribution in [0.1, 0.15) is 47.2 Å². The summed E-state index contributed by atoms with van der Waals surface area (Å²) in [5.74, 6) is 0.577. The SMILES string of the molecule is CCc1csc(COc2ccn(C3=Cc4ccc(CN5CC[C@H](OC)C5)cc4CC3)c(=O)c2)n1. The molecule has 178 valence electrons. The molecule has 1 saturated heterocycles. The Morgan fingerprint density at radius 1 is 1.21 bits per heavy atom. The second kappa shape index (κ2) is 10.3. The highest BCUT2D eigenvalue weighted by molar-refractivity contribution is 7.09. The van der Waals surface area contributed by atoms with Crippen LogP contribution in [0.15, 0.2) is 46.7 Å². The van der Waals surface area contributed by atoms with Crippen molar-refractivity contribution in [1.29, 1.82) is 0 Å². The largest absolute Gasteiger partial charge is 0.486 e. The molecule has 2 aromatic heterocycles. The normalized spacial score (nSPS) is 18.1. The molecule has 0 bridgehead atoms. The summed E-state index contributed by atoms with van der Waals surface area (Å²) in [6, 6.07) is 10.1. The molecule has 1 aromatic carbocycles. The van der Waals surface area contributed by atoms with Gasteiger partial charge in [0.2, 0.25) is 0 Å². The van der Waals surface area contributed by atoms with Crippen molar-refractivity contribution in [2.24, 2.45) is 0 Å². The summed E-state index contributed by atoms with van der Waals surface area (Å²) in [5, 5.41) is 2.98. The molecule has 1 aliphatic carbocycles. The maximum atomic E-state index is 12.8. The number of benzene rings is 1. The van der Waals surface area contributed by atoms with Gasteiger partial charge >= 0.3 is 0 Å². The minimum atomic E-state index is -0.0704. The molecule has 5 rings (SSSR count). The van der Waals surface area contributed by atoms with Gasteiger partial charge in [-0.3, -0.25) is 14.3 Å². The van der Waals surface area contributed by atoms with Crippen LogP contribution >= 0.6 is 11.3 Å². The predicted molar refractivity (Wildman–Crippen MR) is 136 cm³/mol. The molecule has 0 amide bonds. The molecule has 0 spiro atoms. The fraction of sp³-hybridized carbons (Fsp3) is 0.407. The van der Waals surface area contributed by atoms with Gasteiger partial charge in [-0.2, -0.15) is 0 Å². The number of aromatic nitrogens is 2. The first-order valence-corrected chi connectivity index (χ1v) is 12.9. The van der Waals surface area contributed by atoms with Gasteiger partial charge in [0, 0.05) is 50.1 Å². The smallest absolute Gasteiger partial charge is 0.258 e. The average molecular weight is 478 g/mol. The Morgan fingerprint density at radius 2 is 2.12 bits per heavy atom. The van der Waals surface area contributed by atoms with E-state index in [2.05, 4.69) is 46.5 Å². The number of hydrogen-bond acceptors (Lipinski definition) is 6. The van der Waals surface area contributed by atoms with Gasteiger partial charge in [-0.25, -0.2) is 4.98 Å². The molecule has 7 heteroatoms. The quantitative estimate of drug-likeness (QED) is 0.474. The second-order valence-electron chi connectivity index (χ2n) is 9.00. The van der Waals surface area contributed by atoms with Crippen LogP contribution in [0.4, 0.5) is 0 Å². The van der Waals surface area contributed by atoms with E-state index in [0.717, 1.165) is 61.7 Å². The van der Waals surface area contributed by atoms with Crippen molar-refractivity contribution < 1.29 is 9.47 Å². The number of fused-ring (bicyclic) bond motifs is 1. The van der Waals surface area contributed by atoms with E-state index in [1.165, 1.54) is 16.7 Å². The molecule has 6 nitrogen and oxygen atoms in total. The first-order chi connectivity index (χ1) is 16.6. The fourth-order valence-electron chi connectivity index (χ4n) is 4.72. The first kappa shape index (κ1) is 23.0. The van der Waals surface area contributed by atoms with E-state index >= 15 is 0 Å². The van der Waals surface area contributed by atoms with E-state index in [1.807, 2.05) is 12.3 Å². The molecule has 1 aliphatic heterocycles. The van der Waals surface area contributed by atoms with Crippen molar-refractivity contribution in [1.82, 2.24) is 14.5 Å². The summed E-state index contributed by atoms with van der Waals surface area (Å²) in [7, 11) is 1.80. The lowest BCUT2D eigenvalue weighted by Crippen LogP contribution is -2.22. The molecule has 3 heterocycles. The summed E-state index contributed by atoms with van der Waals surface area (Å²) in [6.07, 6.45) is 8.12. The Labute approximate surface area is 204 Å². The number of rotatable bonds is 8. The summed E-state index contributed by atoms with van der Waals surface area (Å²) in [4.78, 5) is 19.8. The third kappa shape index (κ3) is 5.17. The zero-order valence-corrected chi connectivity index (χ0v) is 20.6. The zero-order chi connectivity index (χ0) is 23.5. The number of nitrogens with zero attached hydrogens (tertiary/aromatic N) is 3. The number of ether oxygens (including phenoxy) is 2. The van der Waals surface area contributed by atoms with Gasteiger partial charge in [0.1, 0.15) is 17.4 Å². The van der Waals surface area contributed by atoms with Crippen molar-refractivity contribution in [3.05, 3.63) is 79.7 Å². The van der Waals surface area contributed by atoms with Crippen LogP contribution in [0.2, 0.25) is 0 Å². The van der Waals surface area contributed by atoms with Crippen molar-refractivity contribution >= 4 is 23.1 Å². The minimum absolute atomic E-state index is 0.0704. The van der Waals surface area contributed by atoms with Crippen LogP contribution in [0.25, 0.3) is 11.8 Å². The van der Waals surface area contributed by atoms with Crippen LogP contribution in [0.5, 0.6) is 5.75 Å². The van der Waals surface area contributed by atoms with Gasteiger partial charge < -0.3 is 9.47 Å². The summed E-state index contributed by atoms with van der Waals surface area (Å²) >= 11 is 1.59. The van der Waals surface area contributed by atoms with Gasteiger partial charge in [0.05, 0.1) is 11.8 Å². The number of methoxy groups -OCH3 is 1. The number of hydrogen-bond donors (Lipinski definition) is 0. The second-order valence-corrected chi connectivity index (χ2v) is 9.94. The lowest BCUT2D eigenvalue weighted by Gasteiger charge is -2.21. The average Bonchev–Trinajstić information content (AvgIpc) is 3.52. The number of pyridine rings is 1. The van der Waals surface area contributed by atoms with Crippen molar-refractivity contribution in [3.8, 4) is 5.75 Å². The first-order valence-electron chi connectivity index (χ1n) is 12.0. The molecule has 1 fully saturated rings. The van der Waals surface area contributed by atoms with E-state index in [4.69, 9.17) is 9.47 Å². The van der Waals surface area contributed by atoms with Crippen LogP contribution in [-0.2, 0) is 30.7 Å². The summed E-state index contributed by atoms with van der Waals surface area (Å²) < 4.78 is 13.0. The maximum absolute atomic E-state index is 12.8. The van der Waals surface area contributed by atoms with Crippen LogP contribution in [0, 0.1) is 0 Å². The topological polar surface area (TPSA) is 56.6 Å². The molecule has 0 N–H and O–H groups in total. The van der Waals surface area contributed by atoms with Gasteiger partial charge in [-0.05, 0) is 54.5 Å². The Hall–Kier alpha value is -2.74. The highest BCUT2D eigenvalue weighted by Crippen LogP contribution is 2.28. The van der Waals surface area contributed by atoms with E-state index in [1.54, 1.807) is 29.1 Å². The zero-order valence-electron chi connectivity index (χ0n) is 19.8. The van der Waals surface area contributed by atoms with Crippen LogP contribution in [0.3, 0.4) is 0 Å². The van der Waals surface area contributed by atoms with E-state index in [-0.39, 0.29) is 5.56 Å². The summed E-state index contributed by atoms with van der Waals surface area (Å²) in [5.41, 5.74) is 5.92. The molecule has 34 heavy (non-hydrogen) atoms. The molecule has 0 radical (unpaired) electrons. The molecule has 0 unspecified atom stereocenters. The van der Waals surface area contributed by atoms with Crippen LogP contribution < -0.4 is 10.3 Å². The number of aryl methyl sites for hydroxylation is 2. The van der Waals surface area contributed by atoms with Crippen LogP contribution in [-0.4, -0.2) is 40.8 Å². The highest BCUT2D eigenvalue weighted by atomic mass is 32.1. The van der Waals surface area contributed by atoms with Gasteiger partial charge in [-0.15, -0.1) is 11.3 Å². The molecule has 3 aromatic rings. The van der Waals surface area contributed by atoms with Crippen molar-refractivity contribution in [2.45, 2.75) is 51.9 Å². The molecular weight excluding hydrogens is 446 g/mol. The third-order valence-corrected chi connectivity index (χ3v) is 7.54. The van der Waals surface area contributed by atoms with E-state index < -0.39 is 0 Å². The Bertz CT molecular complexity index is 1250. The third-order valence-electron chi connectivity index (χ3n) is 6.67. The molecule has 1 atom stereocenters. The Morgan fingerprint density at radius 3 is 2.88 bits per heavy atom. The number of allylic oxidation sites excluding steroid dienone is 1.